The molecule has 0 atom stereocenters. The van der Waals surface area contributed by atoms with Crippen molar-refractivity contribution in [3.05, 3.63) is 89.7 Å². The molecule has 0 unspecified atom stereocenters. The van der Waals surface area contributed by atoms with Crippen LogP contribution in [-0.4, -0.2) is 25.5 Å². The summed E-state index contributed by atoms with van der Waals surface area (Å²) in [5.41, 5.74) is 2.33. The fraction of sp³-hybridized carbons (Fsp3) is 0.167. The third kappa shape index (κ3) is 6.85. The summed E-state index contributed by atoms with van der Waals surface area (Å²) in [4.78, 5) is 24.3. The molecule has 0 saturated heterocycles. The van der Waals surface area contributed by atoms with Crippen molar-refractivity contribution in [1.29, 1.82) is 0 Å². The fourth-order valence-electron chi connectivity index (χ4n) is 2.93. The summed E-state index contributed by atoms with van der Waals surface area (Å²) in [6.07, 6.45) is 0.143. The average Bonchev–Trinajstić information content (AvgIpc) is 2.79. The standard InChI is InChI=1S/C24H24FN3O3/c1-31-20-9-5-8-18(12-20)15-27-24(30)16-26-19-10-11-21(25)22(14-19)28-23(29)13-17-6-3-2-4-7-17/h2-12,14,26H,13,15-16H2,1H3,(H,27,30)(H,28,29). The largest absolute Gasteiger partial charge is 0.497 e. The van der Waals surface area contributed by atoms with E-state index in [-0.39, 0.29) is 30.5 Å². The van der Waals surface area contributed by atoms with E-state index in [4.69, 9.17) is 4.74 Å². The second-order valence-corrected chi connectivity index (χ2v) is 6.89. The highest BCUT2D eigenvalue weighted by molar-refractivity contribution is 5.93. The second kappa shape index (κ2) is 10.8. The number of hydrogen-bond donors (Lipinski definition) is 3. The Kier molecular flexibility index (Phi) is 7.59. The van der Waals surface area contributed by atoms with Crippen molar-refractivity contribution < 1.29 is 18.7 Å². The zero-order valence-electron chi connectivity index (χ0n) is 17.2. The van der Waals surface area contributed by atoms with Crippen LogP contribution in [0.3, 0.4) is 0 Å². The van der Waals surface area contributed by atoms with Crippen LogP contribution >= 0.6 is 0 Å². The lowest BCUT2D eigenvalue weighted by molar-refractivity contribution is -0.119. The Labute approximate surface area is 180 Å². The number of rotatable bonds is 9. The van der Waals surface area contributed by atoms with Gasteiger partial charge in [-0.2, -0.15) is 0 Å². The molecule has 0 aliphatic carbocycles. The van der Waals surface area contributed by atoms with Crippen molar-refractivity contribution in [3.63, 3.8) is 0 Å². The molecule has 0 bridgehead atoms. The van der Waals surface area contributed by atoms with Crippen molar-refractivity contribution in [2.45, 2.75) is 13.0 Å². The first-order valence-corrected chi connectivity index (χ1v) is 9.80. The summed E-state index contributed by atoms with van der Waals surface area (Å²) in [5, 5.41) is 8.32. The van der Waals surface area contributed by atoms with Crippen LogP contribution in [0, 0.1) is 5.82 Å². The number of carbonyl (C=O) groups is 2. The third-order valence-electron chi connectivity index (χ3n) is 4.52. The SMILES string of the molecule is COc1cccc(CNC(=O)CNc2ccc(F)c(NC(=O)Cc3ccccc3)c2)c1. The maximum atomic E-state index is 14.1. The van der Waals surface area contributed by atoms with Crippen molar-refractivity contribution in [3.8, 4) is 5.75 Å². The van der Waals surface area contributed by atoms with Gasteiger partial charge in [0.1, 0.15) is 11.6 Å². The molecular weight excluding hydrogens is 397 g/mol. The van der Waals surface area contributed by atoms with E-state index in [9.17, 15) is 14.0 Å². The normalized spacial score (nSPS) is 10.3. The summed E-state index contributed by atoms with van der Waals surface area (Å²) in [6, 6.07) is 20.8. The van der Waals surface area contributed by atoms with Gasteiger partial charge in [-0.3, -0.25) is 9.59 Å². The van der Waals surface area contributed by atoms with E-state index >= 15 is 0 Å². The molecule has 6 nitrogen and oxygen atoms in total. The minimum Gasteiger partial charge on any atom is -0.497 e. The number of methoxy groups -OCH3 is 1. The van der Waals surface area contributed by atoms with Crippen LogP contribution in [0.25, 0.3) is 0 Å². The predicted octanol–water partition coefficient (Wildman–Crippen LogP) is 3.74. The van der Waals surface area contributed by atoms with Gasteiger partial charge in [0.15, 0.2) is 0 Å². The minimum atomic E-state index is -0.547. The molecule has 3 N–H and O–H groups in total. The first-order chi connectivity index (χ1) is 15.0. The fourth-order valence-corrected chi connectivity index (χ4v) is 2.93. The lowest BCUT2D eigenvalue weighted by atomic mass is 10.1. The van der Waals surface area contributed by atoms with Gasteiger partial charge < -0.3 is 20.7 Å². The van der Waals surface area contributed by atoms with Gasteiger partial charge in [-0.15, -0.1) is 0 Å². The number of ether oxygens (including phenoxy) is 1. The van der Waals surface area contributed by atoms with E-state index in [1.165, 1.54) is 18.2 Å². The molecule has 0 aromatic heterocycles. The Morgan fingerprint density at radius 2 is 1.68 bits per heavy atom. The van der Waals surface area contributed by atoms with Gasteiger partial charge in [0.05, 0.1) is 25.8 Å². The van der Waals surface area contributed by atoms with Gasteiger partial charge in [0.25, 0.3) is 0 Å². The molecular formula is C24H24FN3O3. The van der Waals surface area contributed by atoms with E-state index in [0.29, 0.717) is 12.2 Å². The van der Waals surface area contributed by atoms with Crippen LogP contribution in [0.2, 0.25) is 0 Å². The van der Waals surface area contributed by atoms with Gasteiger partial charge in [0.2, 0.25) is 11.8 Å². The Hall–Kier alpha value is -3.87. The molecule has 0 fully saturated rings. The van der Waals surface area contributed by atoms with Crippen LogP contribution in [0.15, 0.2) is 72.8 Å². The molecule has 3 rings (SSSR count). The molecule has 0 aliphatic rings. The number of halogens is 1. The first kappa shape index (κ1) is 21.8. The molecule has 0 spiro atoms. The molecule has 3 aromatic carbocycles. The third-order valence-corrected chi connectivity index (χ3v) is 4.52. The van der Waals surface area contributed by atoms with Crippen molar-refractivity contribution in [2.24, 2.45) is 0 Å². The predicted molar refractivity (Wildman–Crippen MR) is 119 cm³/mol. The molecule has 0 aliphatic heterocycles. The average molecular weight is 421 g/mol. The van der Waals surface area contributed by atoms with Gasteiger partial charge >= 0.3 is 0 Å². The van der Waals surface area contributed by atoms with E-state index in [1.807, 2.05) is 54.6 Å². The monoisotopic (exact) mass is 421 g/mol. The number of benzene rings is 3. The summed E-state index contributed by atoms with van der Waals surface area (Å²) < 4.78 is 19.3. The summed E-state index contributed by atoms with van der Waals surface area (Å²) in [6.45, 7) is 0.370. The smallest absolute Gasteiger partial charge is 0.239 e. The van der Waals surface area contributed by atoms with E-state index in [0.717, 1.165) is 16.9 Å². The van der Waals surface area contributed by atoms with Gasteiger partial charge in [-0.05, 0) is 41.5 Å². The molecule has 160 valence electrons. The Morgan fingerprint density at radius 3 is 2.45 bits per heavy atom. The molecule has 7 heteroatoms. The van der Waals surface area contributed by atoms with Crippen LogP contribution < -0.4 is 20.7 Å². The minimum absolute atomic E-state index is 0.00695. The van der Waals surface area contributed by atoms with Crippen molar-refractivity contribution in [1.82, 2.24) is 5.32 Å². The van der Waals surface area contributed by atoms with Crippen molar-refractivity contribution in [2.75, 3.05) is 24.3 Å². The number of carbonyl (C=O) groups excluding carboxylic acids is 2. The molecule has 0 heterocycles. The van der Waals surface area contributed by atoms with Crippen LogP contribution in [0.1, 0.15) is 11.1 Å². The summed E-state index contributed by atoms with van der Waals surface area (Å²) >= 11 is 0. The number of amides is 2. The van der Waals surface area contributed by atoms with Crippen LogP contribution in [0.5, 0.6) is 5.75 Å². The molecule has 0 saturated carbocycles. The maximum Gasteiger partial charge on any atom is 0.239 e. The second-order valence-electron chi connectivity index (χ2n) is 6.89. The lowest BCUT2D eigenvalue weighted by Crippen LogP contribution is -2.29. The van der Waals surface area contributed by atoms with E-state index < -0.39 is 5.82 Å². The van der Waals surface area contributed by atoms with Crippen LogP contribution in [0.4, 0.5) is 15.8 Å². The highest BCUT2D eigenvalue weighted by Gasteiger charge is 2.10. The van der Waals surface area contributed by atoms with Crippen LogP contribution in [-0.2, 0) is 22.6 Å². The topological polar surface area (TPSA) is 79.5 Å². The van der Waals surface area contributed by atoms with Gasteiger partial charge in [-0.25, -0.2) is 4.39 Å². The van der Waals surface area contributed by atoms with E-state index in [1.54, 1.807) is 7.11 Å². The molecule has 3 aromatic rings. The highest BCUT2D eigenvalue weighted by Crippen LogP contribution is 2.20. The molecule has 2 amide bonds. The zero-order chi connectivity index (χ0) is 22.1. The quantitative estimate of drug-likeness (QED) is 0.492. The summed E-state index contributed by atoms with van der Waals surface area (Å²) in [5.74, 6) is -0.368. The Balaban J connectivity index is 1.51. The van der Waals surface area contributed by atoms with Gasteiger partial charge in [0, 0.05) is 12.2 Å². The molecule has 0 radical (unpaired) electrons. The number of anilines is 2. The van der Waals surface area contributed by atoms with Gasteiger partial charge in [-0.1, -0.05) is 42.5 Å². The van der Waals surface area contributed by atoms with Crippen molar-refractivity contribution >= 4 is 23.2 Å². The zero-order valence-corrected chi connectivity index (χ0v) is 17.2. The Morgan fingerprint density at radius 1 is 0.903 bits per heavy atom. The number of hydrogen-bond acceptors (Lipinski definition) is 4. The van der Waals surface area contributed by atoms with E-state index in [2.05, 4.69) is 16.0 Å². The first-order valence-electron chi connectivity index (χ1n) is 9.80. The summed E-state index contributed by atoms with van der Waals surface area (Å²) in [7, 11) is 1.59. The molecule has 31 heavy (non-hydrogen) atoms. The Bertz CT molecular complexity index is 1040. The highest BCUT2D eigenvalue weighted by atomic mass is 19.1. The maximum absolute atomic E-state index is 14.1. The number of nitrogens with one attached hydrogen (secondary N) is 3. The lowest BCUT2D eigenvalue weighted by Gasteiger charge is -2.11.